The Bertz CT molecular complexity index is 729. The molecule has 0 bridgehead atoms. The van der Waals surface area contributed by atoms with Crippen molar-refractivity contribution in [2.45, 2.75) is 25.9 Å². The lowest BCUT2D eigenvalue weighted by Gasteiger charge is -2.18. The first-order valence-corrected chi connectivity index (χ1v) is 7.16. The predicted octanol–water partition coefficient (Wildman–Crippen LogP) is 2.39. The summed E-state index contributed by atoms with van der Waals surface area (Å²) < 4.78 is 1.98. The van der Waals surface area contributed by atoms with E-state index in [4.69, 9.17) is 5.84 Å². The molecule has 5 nitrogen and oxygen atoms in total. The van der Waals surface area contributed by atoms with Crippen LogP contribution in [0.25, 0.3) is 10.8 Å². The Morgan fingerprint density at radius 2 is 2.05 bits per heavy atom. The summed E-state index contributed by atoms with van der Waals surface area (Å²) in [5.41, 5.74) is 4.84. The Labute approximate surface area is 123 Å². The molecule has 1 unspecified atom stereocenters. The van der Waals surface area contributed by atoms with Crippen LogP contribution in [0.1, 0.15) is 30.8 Å². The van der Waals surface area contributed by atoms with Gasteiger partial charge < -0.3 is 0 Å². The van der Waals surface area contributed by atoms with Gasteiger partial charge in [0.05, 0.1) is 11.4 Å². The molecule has 3 N–H and O–H groups in total. The molecule has 108 valence electrons. The minimum Gasteiger partial charge on any atom is -0.270 e. The number of hydrogen-bond acceptors (Lipinski definition) is 4. The maximum absolute atomic E-state index is 5.82. The van der Waals surface area contributed by atoms with E-state index in [2.05, 4.69) is 34.6 Å². The normalized spacial score (nSPS) is 12.7. The van der Waals surface area contributed by atoms with Crippen LogP contribution >= 0.6 is 0 Å². The quantitative estimate of drug-likeness (QED) is 0.556. The zero-order valence-electron chi connectivity index (χ0n) is 12.0. The molecule has 0 amide bonds. The third kappa shape index (κ3) is 2.53. The number of hydrazine groups is 1. The van der Waals surface area contributed by atoms with Gasteiger partial charge in [-0.3, -0.25) is 15.5 Å². The highest BCUT2D eigenvalue weighted by atomic mass is 15.3. The van der Waals surface area contributed by atoms with Gasteiger partial charge in [0, 0.05) is 24.3 Å². The van der Waals surface area contributed by atoms with Gasteiger partial charge in [-0.05, 0) is 23.9 Å². The fourth-order valence-electron chi connectivity index (χ4n) is 2.66. The molecule has 0 fully saturated rings. The summed E-state index contributed by atoms with van der Waals surface area (Å²) in [6, 6.07) is 12.0. The van der Waals surface area contributed by atoms with E-state index in [0.717, 1.165) is 35.1 Å². The summed E-state index contributed by atoms with van der Waals surface area (Å²) >= 11 is 0. The van der Waals surface area contributed by atoms with Crippen LogP contribution in [0.2, 0.25) is 0 Å². The lowest BCUT2D eigenvalue weighted by molar-refractivity contribution is 0.517. The van der Waals surface area contributed by atoms with Crippen LogP contribution in [0, 0.1) is 0 Å². The van der Waals surface area contributed by atoms with E-state index in [1.807, 2.05) is 35.1 Å². The molecule has 0 spiro atoms. The summed E-state index contributed by atoms with van der Waals surface area (Å²) in [6.07, 6.45) is 4.65. The zero-order chi connectivity index (χ0) is 14.7. The fraction of sp³-hybridized carbons (Fsp3) is 0.250. The van der Waals surface area contributed by atoms with Gasteiger partial charge in [-0.15, -0.1) is 0 Å². The van der Waals surface area contributed by atoms with Crippen LogP contribution in [0.5, 0.6) is 0 Å². The zero-order valence-corrected chi connectivity index (χ0v) is 12.0. The van der Waals surface area contributed by atoms with E-state index >= 15 is 0 Å². The summed E-state index contributed by atoms with van der Waals surface area (Å²) in [7, 11) is 0. The van der Waals surface area contributed by atoms with Crippen molar-refractivity contribution in [3.05, 3.63) is 60.2 Å². The Hall–Kier alpha value is -2.24. The fourth-order valence-corrected chi connectivity index (χ4v) is 2.66. The van der Waals surface area contributed by atoms with Crippen LogP contribution in [-0.2, 0) is 6.54 Å². The van der Waals surface area contributed by atoms with Crippen LogP contribution in [0.3, 0.4) is 0 Å². The molecule has 1 aromatic carbocycles. The van der Waals surface area contributed by atoms with E-state index in [-0.39, 0.29) is 6.04 Å². The van der Waals surface area contributed by atoms with Gasteiger partial charge >= 0.3 is 0 Å². The Kier molecular flexibility index (Phi) is 3.94. The molecular formula is C16H19N5. The SMILES string of the molecule is CCCn1nccc1C(NN)c1nccc2ccccc12. The number of nitrogens with zero attached hydrogens (tertiary/aromatic N) is 3. The Morgan fingerprint density at radius 1 is 1.19 bits per heavy atom. The molecule has 0 saturated heterocycles. The standard InChI is InChI=1S/C16H19N5/c1-2-11-21-14(8-10-19-21)16(20-17)15-13-6-4-3-5-12(13)7-9-18-15/h3-10,16,20H,2,11,17H2,1H3. The topological polar surface area (TPSA) is 68.8 Å². The first kappa shape index (κ1) is 13.7. The van der Waals surface area contributed by atoms with Gasteiger partial charge in [0.1, 0.15) is 6.04 Å². The third-order valence-electron chi connectivity index (χ3n) is 3.63. The van der Waals surface area contributed by atoms with Crippen LogP contribution in [0.15, 0.2) is 48.8 Å². The second kappa shape index (κ2) is 6.03. The van der Waals surface area contributed by atoms with Crippen molar-refractivity contribution < 1.29 is 0 Å². The van der Waals surface area contributed by atoms with Gasteiger partial charge in [-0.1, -0.05) is 31.2 Å². The molecule has 21 heavy (non-hydrogen) atoms. The molecule has 2 aromatic heterocycles. The average molecular weight is 281 g/mol. The molecule has 3 aromatic rings. The lowest BCUT2D eigenvalue weighted by atomic mass is 10.0. The van der Waals surface area contributed by atoms with Crippen molar-refractivity contribution in [3.8, 4) is 0 Å². The van der Waals surface area contributed by atoms with Crippen molar-refractivity contribution in [2.75, 3.05) is 0 Å². The molecule has 0 aliphatic heterocycles. The Balaban J connectivity index is 2.12. The van der Waals surface area contributed by atoms with E-state index in [1.54, 1.807) is 6.20 Å². The molecule has 0 saturated carbocycles. The number of nitrogens with two attached hydrogens (primary N) is 1. The minimum atomic E-state index is -0.176. The monoisotopic (exact) mass is 281 g/mol. The Morgan fingerprint density at radius 3 is 2.86 bits per heavy atom. The summed E-state index contributed by atoms with van der Waals surface area (Å²) in [5.74, 6) is 5.82. The predicted molar refractivity (Wildman–Crippen MR) is 83.4 cm³/mol. The van der Waals surface area contributed by atoms with E-state index in [9.17, 15) is 0 Å². The summed E-state index contributed by atoms with van der Waals surface area (Å²) in [5, 5.41) is 6.63. The number of benzene rings is 1. The molecule has 0 radical (unpaired) electrons. The van der Waals surface area contributed by atoms with Crippen molar-refractivity contribution in [3.63, 3.8) is 0 Å². The first-order valence-electron chi connectivity index (χ1n) is 7.16. The number of hydrogen-bond donors (Lipinski definition) is 2. The highest BCUT2D eigenvalue weighted by molar-refractivity contribution is 5.84. The number of aryl methyl sites for hydroxylation is 1. The van der Waals surface area contributed by atoms with Crippen molar-refractivity contribution >= 4 is 10.8 Å². The summed E-state index contributed by atoms with van der Waals surface area (Å²) in [4.78, 5) is 4.55. The first-order chi connectivity index (χ1) is 10.3. The van der Waals surface area contributed by atoms with Crippen molar-refractivity contribution in [1.29, 1.82) is 0 Å². The number of nitrogens with one attached hydrogen (secondary N) is 1. The molecule has 0 aliphatic rings. The maximum Gasteiger partial charge on any atom is 0.105 e. The summed E-state index contributed by atoms with van der Waals surface area (Å²) in [6.45, 7) is 3.00. The smallest absolute Gasteiger partial charge is 0.105 e. The highest BCUT2D eigenvalue weighted by Crippen LogP contribution is 2.26. The van der Waals surface area contributed by atoms with Crippen LogP contribution in [-0.4, -0.2) is 14.8 Å². The number of fused-ring (bicyclic) bond motifs is 1. The van der Waals surface area contributed by atoms with Gasteiger partial charge in [0.25, 0.3) is 0 Å². The van der Waals surface area contributed by atoms with Crippen molar-refractivity contribution in [1.82, 2.24) is 20.2 Å². The second-order valence-corrected chi connectivity index (χ2v) is 5.00. The van der Waals surface area contributed by atoms with Crippen LogP contribution < -0.4 is 11.3 Å². The maximum atomic E-state index is 5.82. The number of rotatable bonds is 5. The molecule has 1 atom stereocenters. The average Bonchev–Trinajstić information content (AvgIpc) is 2.97. The highest BCUT2D eigenvalue weighted by Gasteiger charge is 2.20. The molecular weight excluding hydrogens is 262 g/mol. The molecule has 3 rings (SSSR count). The van der Waals surface area contributed by atoms with Gasteiger partial charge in [-0.25, -0.2) is 5.43 Å². The second-order valence-electron chi connectivity index (χ2n) is 5.00. The van der Waals surface area contributed by atoms with E-state index in [0.29, 0.717) is 0 Å². The van der Waals surface area contributed by atoms with Crippen LogP contribution in [0.4, 0.5) is 0 Å². The van der Waals surface area contributed by atoms with Crippen molar-refractivity contribution in [2.24, 2.45) is 5.84 Å². The third-order valence-corrected chi connectivity index (χ3v) is 3.63. The number of pyridine rings is 1. The molecule has 0 aliphatic carbocycles. The molecule has 5 heteroatoms. The van der Waals surface area contributed by atoms with Gasteiger partial charge in [0.2, 0.25) is 0 Å². The largest absolute Gasteiger partial charge is 0.270 e. The molecule has 2 heterocycles. The van der Waals surface area contributed by atoms with Gasteiger partial charge in [-0.2, -0.15) is 5.10 Å². The van der Waals surface area contributed by atoms with Gasteiger partial charge in [0.15, 0.2) is 0 Å². The lowest BCUT2D eigenvalue weighted by Crippen LogP contribution is -2.31. The minimum absolute atomic E-state index is 0.176. The number of aromatic nitrogens is 3. The van der Waals surface area contributed by atoms with E-state index in [1.165, 1.54) is 0 Å². The van der Waals surface area contributed by atoms with E-state index < -0.39 is 0 Å².